The zero-order valence-electron chi connectivity index (χ0n) is 58.1. The van der Waals surface area contributed by atoms with E-state index in [2.05, 4.69) is 40.3 Å². The van der Waals surface area contributed by atoms with Crippen molar-refractivity contribution in [3.63, 3.8) is 0 Å². The van der Waals surface area contributed by atoms with E-state index in [1.807, 2.05) is 0 Å². The third-order valence-corrected chi connectivity index (χ3v) is 15.8. The molecular weight excluding hydrogens is 1480 g/mol. The van der Waals surface area contributed by atoms with Gasteiger partial charge in [-0.15, -0.1) is 0 Å². The van der Waals surface area contributed by atoms with Crippen LogP contribution in [0.5, 0.6) is 46.5 Å². The molecule has 4 aromatic carbocycles. The van der Waals surface area contributed by atoms with Gasteiger partial charge in [0.15, 0.2) is 23.3 Å². The number of phenolic OH excluding ortho intramolecular Hbond substituents is 4. The third kappa shape index (κ3) is 17.8. The van der Waals surface area contributed by atoms with Crippen LogP contribution in [0.25, 0.3) is 68.3 Å². The number of para-hydroxylation sites is 3. The Morgan fingerprint density at radius 1 is 0.380 bits per heavy atom. The maximum absolute atomic E-state index is 13.7. The second-order valence-electron chi connectivity index (χ2n) is 21.6. The van der Waals surface area contributed by atoms with Crippen LogP contribution in [0.2, 0.25) is 15.1 Å². The van der Waals surface area contributed by atoms with Crippen LogP contribution in [0.4, 0.5) is 17.6 Å². The fourth-order valence-corrected chi connectivity index (χ4v) is 10.7. The van der Waals surface area contributed by atoms with E-state index in [4.69, 9.17) is 72.7 Å². The lowest BCUT2D eigenvalue weighted by atomic mass is 10.1. The normalized spacial score (nSPS) is 10.8. The van der Waals surface area contributed by atoms with Crippen molar-refractivity contribution in [3.8, 4) is 115 Å². The number of pyridine rings is 4. The van der Waals surface area contributed by atoms with E-state index in [9.17, 15) is 57.2 Å². The summed E-state index contributed by atoms with van der Waals surface area (Å²) in [6.07, 6.45) is 0.566. The van der Waals surface area contributed by atoms with Crippen molar-refractivity contribution < 1.29 is 95.1 Å². The Hall–Kier alpha value is -12.8. The van der Waals surface area contributed by atoms with Crippen molar-refractivity contribution in [2.45, 2.75) is 33.9 Å². The minimum absolute atomic E-state index is 0.0568. The zero-order chi connectivity index (χ0) is 78.1. The SMILES string of the molecule is CCOC(=O)c1cnn(-c2cccc(-c3cc(F)cc(Cl)c3O)n2)c1OC.CCOC(=O)c1cnn(-c2cccc(-c3cccc(C(F)(F)F)c3O)n2)c1OC.CCOC(=O)c1cnn(-c2cccc(-c3cccc(Cl)c3O)n2)c1OC.CCOC(=O)c1cnn(-c2cccc(-c3cccc(Cl)c3O)n2)c1OC. The van der Waals surface area contributed by atoms with E-state index in [0.717, 1.165) is 18.2 Å². The van der Waals surface area contributed by atoms with Gasteiger partial charge in [0, 0.05) is 22.3 Å². The molecule has 0 saturated carbocycles. The van der Waals surface area contributed by atoms with Crippen molar-refractivity contribution in [3.05, 3.63) is 213 Å². The number of nitrogens with zero attached hydrogens (tertiary/aromatic N) is 12. The van der Waals surface area contributed by atoms with Crippen LogP contribution < -0.4 is 18.9 Å². The molecule has 8 aromatic heterocycles. The standard InChI is InChI=1S/C19H16F3N3O4.C18H15ClFN3O4.2C18H16ClN3O4/c1-3-29-18(27)12-10-23-25(17(12)28-2)15-9-5-8-14(24-15)11-6-4-7-13(16(11)26)19(20,21)22;1-3-27-18(25)12-9-21-23(17(12)26-2)15-6-4-5-14(22-15)11-7-10(20)8-13(19)16(11)24;2*1-3-26-18(24)12-10-20-22(17(12)25-2)15-9-5-8-14(21-15)11-6-4-7-13(19)16(11)23/h4-10,26H,3H2,1-2H3;4-9,24H,3H2,1-2H3;2*4-10,23H,3H2,1-2H3. The fourth-order valence-electron chi connectivity index (χ4n) is 10.1. The molecule has 28 nitrogen and oxygen atoms in total. The first-order valence-corrected chi connectivity index (χ1v) is 33.1. The van der Waals surface area contributed by atoms with Gasteiger partial charge in [0.2, 0.25) is 23.5 Å². The number of hydrogen-bond donors (Lipinski definition) is 4. The minimum atomic E-state index is -4.71. The van der Waals surface area contributed by atoms with Gasteiger partial charge in [-0.2, -0.15) is 52.3 Å². The van der Waals surface area contributed by atoms with Gasteiger partial charge in [0.25, 0.3) is 0 Å². The predicted molar refractivity (Wildman–Crippen MR) is 384 cm³/mol. The molecule has 0 atom stereocenters. The fraction of sp³-hybridized carbons (Fsp3) is 0.178. The quantitative estimate of drug-likeness (QED) is 0.0313. The summed E-state index contributed by atoms with van der Waals surface area (Å²) >= 11 is 17.8. The van der Waals surface area contributed by atoms with Gasteiger partial charge in [-0.1, -0.05) is 77.3 Å². The summed E-state index contributed by atoms with van der Waals surface area (Å²) < 4.78 is 99.2. The summed E-state index contributed by atoms with van der Waals surface area (Å²) in [5.74, 6) is -2.31. The van der Waals surface area contributed by atoms with Crippen molar-refractivity contribution >= 4 is 58.7 Å². The molecule has 0 radical (unpaired) electrons. The van der Waals surface area contributed by atoms with Crippen LogP contribution in [0.1, 0.15) is 74.7 Å². The molecule has 8 heterocycles. The molecular formula is C73H63Cl3F4N12O16. The maximum atomic E-state index is 13.7. The van der Waals surface area contributed by atoms with Crippen LogP contribution >= 0.6 is 34.8 Å². The molecule has 0 aliphatic heterocycles. The highest BCUT2D eigenvalue weighted by Gasteiger charge is 2.35. The first-order chi connectivity index (χ1) is 51.9. The first kappa shape index (κ1) is 79.3. The van der Waals surface area contributed by atoms with Gasteiger partial charge in [-0.05, 0) is 125 Å². The van der Waals surface area contributed by atoms with Gasteiger partial charge in [-0.3, -0.25) is 0 Å². The van der Waals surface area contributed by atoms with Crippen molar-refractivity contribution in [2.24, 2.45) is 0 Å². The number of esters is 4. The zero-order valence-corrected chi connectivity index (χ0v) is 60.4. The Bertz CT molecular complexity index is 5090. The van der Waals surface area contributed by atoms with E-state index in [1.54, 1.807) is 119 Å². The number of hydrogen-bond acceptors (Lipinski definition) is 24. The molecule has 108 heavy (non-hydrogen) atoms. The number of phenols is 4. The van der Waals surface area contributed by atoms with Crippen LogP contribution in [0.3, 0.4) is 0 Å². The molecule has 12 aromatic rings. The van der Waals surface area contributed by atoms with E-state index in [-0.39, 0.29) is 133 Å². The monoisotopic (exact) mass is 1540 g/mol. The lowest BCUT2D eigenvalue weighted by Crippen LogP contribution is -2.08. The topological polar surface area (TPSA) is 346 Å². The molecule has 4 N–H and O–H groups in total. The predicted octanol–water partition coefficient (Wildman–Crippen LogP) is 14.4. The molecule has 35 heteroatoms. The van der Waals surface area contributed by atoms with Crippen LogP contribution in [-0.4, -0.2) is 158 Å². The molecule has 0 fully saturated rings. The molecule has 0 spiro atoms. The minimum Gasteiger partial charge on any atom is -0.507 e. The van der Waals surface area contributed by atoms with E-state index >= 15 is 0 Å². The van der Waals surface area contributed by atoms with Crippen molar-refractivity contribution in [1.29, 1.82) is 0 Å². The molecule has 12 rings (SSSR count). The third-order valence-electron chi connectivity index (χ3n) is 14.9. The Morgan fingerprint density at radius 3 is 0.935 bits per heavy atom. The van der Waals surface area contributed by atoms with Gasteiger partial charge in [-0.25, -0.2) is 43.5 Å². The van der Waals surface area contributed by atoms with Crippen LogP contribution in [-0.2, 0) is 25.1 Å². The van der Waals surface area contributed by atoms with E-state index in [1.165, 1.54) is 102 Å². The van der Waals surface area contributed by atoms with Gasteiger partial charge >= 0.3 is 30.1 Å². The smallest absolute Gasteiger partial charge is 0.419 e. The van der Waals surface area contributed by atoms with Crippen molar-refractivity contribution in [2.75, 3.05) is 54.9 Å². The summed E-state index contributed by atoms with van der Waals surface area (Å²) in [6, 6.07) is 35.2. The van der Waals surface area contributed by atoms with Gasteiger partial charge in [0.1, 0.15) is 51.1 Å². The summed E-state index contributed by atoms with van der Waals surface area (Å²) in [6.45, 7) is 7.65. The number of rotatable bonds is 20. The highest BCUT2D eigenvalue weighted by molar-refractivity contribution is 6.33. The number of alkyl halides is 3. The number of benzene rings is 4. The Labute approximate surface area is 626 Å². The van der Waals surface area contributed by atoms with Crippen LogP contribution in [0.15, 0.2) is 164 Å². The lowest BCUT2D eigenvalue weighted by molar-refractivity contribution is -0.138. The second kappa shape index (κ2) is 35.8. The Kier molecular flexibility index (Phi) is 26.3. The lowest BCUT2D eigenvalue weighted by Gasteiger charge is -2.13. The maximum Gasteiger partial charge on any atom is 0.419 e. The molecule has 0 unspecified atom stereocenters. The summed E-state index contributed by atoms with van der Waals surface area (Å²) in [4.78, 5) is 65.7. The highest BCUT2D eigenvalue weighted by Crippen LogP contribution is 2.42. The van der Waals surface area contributed by atoms with Crippen LogP contribution in [0, 0.1) is 5.82 Å². The largest absolute Gasteiger partial charge is 0.507 e. The molecule has 0 saturated heterocycles. The number of halogens is 7. The molecule has 560 valence electrons. The summed E-state index contributed by atoms with van der Waals surface area (Å²) in [5, 5.41) is 57.4. The van der Waals surface area contributed by atoms with E-state index < -0.39 is 47.2 Å². The number of carbonyl (C=O) groups is 4. The van der Waals surface area contributed by atoms with Gasteiger partial charge in [0.05, 0.1) is 123 Å². The molecule has 0 aliphatic rings. The van der Waals surface area contributed by atoms with Gasteiger partial charge < -0.3 is 58.3 Å². The number of ether oxygens (including phenoxy) is 8. The van der Waals surface area contributed by atoms with E-state index in [0.29, 0.717) is 40.0 Å². The number of carbonyl (C=O) groups excluding carboxylic acids is 4. The molecule has 0 amide bonds. The average molecular weight is 1550 g/mol. The molecule has 0 bridgehead atoms. The Morgan fingerprint density at radius 2 is 0.648 bits per heavy atom. The summed E-state index contributed by atoms with van der Waals surface area (Å²) in [7, 11) is 5.59. The summed E-state index contributed by atoms with van der Waals surface area (Å²) in [5.41, 5.74) is 1.79. The second-order valence-corrected chi connectivity index (χ2v) is 22.8. The first-order valence-electron chi connectivity index (χ1n) is 32.0. The number of methoxy groups -OCH3 is 4. The average Bonchev–Trinajstić information content (AvgIpc) is 1.65. The number of aromatic hydroxyl groups is 4. The Balaban J connectivity index is 0.000000166. The molecule has 0 aliphatic carbocycles. The number of aromatic nitrogens is 12. The highest BCUT2D eigenvalue weighted by atomic mass is 35.5. The van der Waals surface area contributed by atoms with Crippen molar-refractivity contribution in [1.82, 2.24) is 59.1 Å².